The molecule has 1 aliphatic rings. The molecule has 1 heterocycles. The molecular formula is C21H25BrN2O3S. The molecular weight excluding hydrogens is 440 g/mol. The quantitative estimate of drug-likeness (QED) is 0.627. The van der Waals surface area contributed by atoms with Crippen molar-refractivity contribution in [2.24, 2.45) is 0 Å². The Hall–Kier alpha value is -1.86. The molecule has 0 N–H and O–H groups in total. The molecule has 0 bridgehead atoms. The summed E-state index contributed by atoms with van der Waals surface area (Å²) in [5.41, 5.74) is 2.11. The lowest BCUT2D eigenvalue weighted by molar-refractivity contribution is 0.0690. The smallest absolute Gasteiger partial charge is 0.254 e. The molecule has 0 aliphatic carbocycles. The summed E-state index contributed by atoms with van der Waals surface area (Å²) in [5.74, 6) is 0.0650. The summed E-state index contributed by atoms with van der Waals surface area (Å²) < 4.78 is 26.8. The van der Waals surface area contributed by atoms with E-state index in [1.165, 1.54) is 4.31 Å². The van der Waals surface area contributed by atoms with Gasteiger partial charge in [-0.25, -0.2) is 8.42 Å². The maximum absolute atomic E-state index is 13.3. The van der Waals surface area contributed by atoms with Gasteiger partial charge in [-0.3, -0.25) is 9.10 Å². The normalized spacial score (nSPS) is 16.8. The van der Waals surface area contributed by atoms with Crippen LogP contribution in [0.4, 0.5) is 5.69 Å². The van der Waals surface area contributed by atoms with E-state index in [1.54, 1.807) is 24.3 Å². The molecule has 1 atom stereocenters. The molecule has 28 heavy (non-hydrogen) atoms. The molecule has 1 unspecified atom stereocenters. The summed E-state index contributed by atoms with van der Waals surface area (Å²) in [5, 5.41) is 0. The molecule has 0 saturated carbocycles. The number of anilines is 1. The number of rotatable bonds is 6. The molecule has 0 spiro atoms. The SMILES string of the molecule is CCCN(C(=O)c1cccc(N2CCCS2(=O)=O)c1)C(C)c1ccccc1Br. The fraction of sp³-hybridized carbons (Fsp3) is 0.381. The van der Waals surface area contributed by atoms with E-state index in [0.29, 0.717) is 30.8 Å². The number of amides is 1. The Balaban J connectivity index is 1.92. The largest absolute Gasteiger partial charge is 0.332 e. The first-order valence-electron chi connectivity index (χ1n) is 9.51. The van der Waals surface area contributed by atoms with Gasteiger partial charge in [0.25, 0.3) is 5.91 Å². The second kappa shape index (κ2) is 8.66. The number of hydrogen-bond acceptors (Lipinski definition) is 3. The third-order valence-corrected chi connectivity index (χ3v) is 7.62. The van der Waals surface area contributed by atoms with E-state index in [4.69, 9.17) is 0 Å². The molecule has 1 fully saturated rings. The fourth-order valence-electron chi connectivity index (χ4n) is 3.58. The monoisotopic (exact) mass is 464 g/mol. The molecule has 150 valence electrons. The van der Waals surface area contributed by atoms with Crippen LogP contribution in [0.2, 0.25) is 0 Å². The molecule has 5 nitrogen and oxygen atoms in total. The maximum atomic E-state index is 13.3. The second-order valence-corrected chi connectivity index (χ2v) is 9.86. The molecule has 7 heteroatoms. The van der Waals surface area contributed by atoms with Gasteiger partial charge in [-0.05, 0) is 49.6 Å². The molecule has 3 rings (SSSR count). The topological polar surface area (TPSA) is 57.7 Å². The lowest BCUT2D eigenvalue weighted by Gasteiger charge is -2.30. The van der Waals surface area contributed by atoms with Crippen molar-refractivity contribution in [2.45, 2.75) is 32.7 Å². The van der Waals surface area contributed by atoms with Gasteiger partial charge >= 0.3 is 0 Å². The zero-order valence-electron chi connectivity index (χ0n) is 16.1. The number of carbonyl (C=O) groups excluding carboxylic acids is 1. The molecule has 0 aromatic heterocycles. The van der Waals surface area contributed by atoms with E-state index >= 15 is 0 Å². The third-order valence-electron chi connectivity index (χ3n) is 5.03. The molecule has 2 aromatic rings. The number of nitrogens with zero attached hydrogens (tertiary/aromatic N) is 2. The Morgan fingerprint density at radius 2 is 1.96 bits per heavy atom. The number of halogens is 1. The molecule has 2 aromatic carbocycles. The summed E-state index contributed by atoms with van der Waals surface area (Å²) in [6.07, 6.45) is 1.45. The average Bonchev–Trinajstić information content (AvgIpc) is 3.04. The average molecular weight is 465 g/mol. The molecule has 0 radical (unpaired) electrons. The van der Waals surface area contributed by atoms with Gasteiger partial charge in [-0.2, -0.15) is 0 Å². The van der Waals surface area contributed by atoms with E-state index in [0.717, 1.165) is 16.5 Å². The van der Waals surface area contributed by atoms with E-state index in [2.05, 4.69) is 15.9 Å². The highest BCUT2D eigenvalue weighted by Crippen LogP contribution is 2.30. The Morgan fingerprint density at radius 3 is 2.61 bits per heavy atom. The Kier molecular flexibility index (Phi) is 6.45. The van der Waals surface area contributed by atoms with E-state index < -0.39 is 10.0 Å². The Bertz CT molecular complexity index is 962. The summed E-state index contributed by atoms with van der Waals surface area (Å²) in [7, 11) is -3.28. The Labute approximate surface area is 175 Å². The Morgan fingerprint density at radius 1 is 1.21 bits per heavy atom. The molecule has 1 aliphatic heterocycles. The zero-order valence-corrected chi connectivity index (χ0v) is 18.5. The van der Waals surface area contributed by atoms with Gasteiger partial charge in [0, 0.05) is 23.1 Å². The predicted molar refractivity (Wildman–Crippen MR) is 116 cm³/mol. The van der Waals surface area contributed by atoms with Gasteiger partial charge in [0.2, 0.25) is 10.0 Å². The summed E-state index contributed by atoms with van der Waals surface area (Å²) in [6.45, 7) is 5.14. The number of benzene rings is 2. The van der Waals surface area contributed by atoms with Crippen LogP contribution in [-0.2, 0) is 10.0 Å². The van der Waals surface area contributed by atoms with E-state index in [-0.39, 0.29) is 17.7 Å². The standard InChI is InChI=1S/C21H25BrN2O3S/c1-3-12-23(16(2)19-10-4-5-11-20(19)22)21(25)17-8-6-9-18(15-17)24-13-7-14-28(24,26)27/h4-6,8-11,15-16H,3,7,12-14H2,1-2H3. The van der Waals surface area contributed by atoms with Crippen molar-refractivity contribution in [3.05, 3.63) is 64.1 Å². The van der Waals surface area contributed by atoms with Crippen LogP contribution in [0.1, 0.15) is 48.7 Å². The van der Waals surface area contributed by atoms with Gasteiger partial charge in [-0.15, -0.1) is 0 Å². The minimum absolute atomic E-state index is 0.0939. The van der Waals surface area contributed by atoms with Crippen LogP contribution in [0.3, 0.4) is 0 Å². The zero-order chi connectivity index (χ0) is 20.3. The summed E-state index contributed by atoms with van der Waals surface area (Å²) in [6, 6.07) is 14.7. The second-order valence-electron chi connectivity index (χ2n) is 6.99. The van der Waals surface area contributed by atoms with Crippen molar-refractivity contribution in [1.82, 2.24) is 4.90 Å². The van der Waals surface area contributed by atoms with Crippen molar-refractivity contribution >= 4 is 37.5 Å². The van der Waals surface area contributed by atoms with Crippen molar-refractivity contribution in [1.29, 1.82) is 0 Å². The molecule has 1 saturated heterocycles. The van der Waals surface area contributed by atoms with Crippen LogP contribution < -0.4 is 4.31 Å². The minimum atomic E-state index is -3.28. The summed E-state index contributed by atoms with van der Waals surface area (Å²) >= 11 is 3.58. The van der Waals surface area contributed by atoms with E-state index in [9.17, 15) is 13.2 Å². The first-order chi connectivity index (χ1) is 13.3. The molecule has 1 amide bonds. The van der Waals surface area contributed by atoms with Crippen LogP contribution in [0.5, 0.6) is 0 Å². The minimum Gasteiger partial charge on any atom is -0.332 e. The summed E-state index contributed by atoms with van der Waals surface area (Å²) in [4.78, 5) is 15.2. The number of hydrogen-bond donors (Lipinski definition) is 0. The van der Waals surface area contributed by atoms with E-state index in [1.807, 2.05) is 43.0 Å². The lowest BCUT2D eigenvalue weighted by Crippen LogP contribution is -2.34. The van der Waals surface area contributed by atoms with Crippen LogP contribution >= 0.6 is 15.9 Å². The number of carbonyl (C=O) groups is 1. The first kappa shape index (κ1) is 20.9. The number of sulfonamides is 1. The van der Waals surface area contributed by atoms with Crippen molar-refractivity contribution in [3.8, 4) is 0 Å². The van der Waals surface area contributed by atoms with Gasteiger partial charge in [0.15, 0.2) is 0 Å². The van der Waals surface area contributed by atoms with Crippen molar-refractivity contribution < 1.29 is 13.2 Å². The van der Waals surface area contributed by atoms with Gasteiger partial charge in [0.05, 0.1) is 17.5 Å². The van der Waals surface area contributed by atoms with Crippen molar-refractivity contribution in [2.75, 3.05) is 23.1 Å². The van der Waals surface area contributed by atoms with Crippen LogP contribution in [0, 0.1) is 0 Å². The third kappa shape index (κ3) is 4.25. The first-order valence-corrected chi connectivity index (χ1v) is 11.9. The predicted octanol–water partition coefficient (Wildman–Crippen LogP) is 4.60. The van der Waals surface area contributed by atoms with Gasteiger partial charge < -0.3 is 4.90 Å². The maximum Gasteiger partial charge on any atom is 0.254 e. The highest BCUT2D eigenvalue weighted by Gasteiger charge is 2.29. The van der Waals surface area contributed by atoms with Crippen LogP contribution in [0.15, 0.2) is 53.0 Å². The van der Waals surface area contributed by atoms with Crippen molar-refractivity contribution in [3.63, 3.8) is 0 Å². The van der Waals surface area contributed by atoms with Gasteiger partial charge in [-0.1, -0.05) is 47.1 Å². The van der Waals surface area contributed by atoms with Crippen LogP contribution in [-0.4, -0.2) is 38.1 Å². The fourth-order valence-corrected chi connectivity index (χ4v) is 5.76. The highest BCUT2D eigenvalue weighted by molar-refractivity contribution is 9.10. The van der Waals surface area contributed by atoms with Gasteiger partial charge in [0.1, 0.15) is 0 Å². The van der Waals surface area contributed by atoms with Crippen LogP contribution in [0.25, 0.3) is 0 Å². The highest BCUT2D eigenvalue weighted by atomic mass is 79.9. The lowest BCUT2D eigenvalue weighted by atomic mass is 10.0.